The molecule has 0 radical (unpaired) electrons. The summed E-state index contributed by atoms with van der Waals surface area (Å²) in [6.45, 7) is 5.52. The van der Waals surface area contributed by atoms with Crippen molar-refractivity contribution in [3.8, 4) is 0 Å². The topological polar surface area (TPSA) is 55.6 Å². The second kappa shape index (κ2) is 5.08. The smallest absolute Gasteiger partial charge is 0.414 e. The highest BCUT2D eigenvalue weighted by atomic mass is 16.6. The van der Waals surface area contributed by atoms with Crippen molar-refractivity contribution in [2.75, 3.05) is 7.05 Å². The molecule has 1 rings (SSSR count). The molecule has 0 saturated heterocycles. The largest absolute Gasteiger partial charge is 0.443 e. The average molecular weight is 236 g/mol. The van der Waals surface area contributed by atoms with Crippen LogP contribution in [-0.4, -0.2) is 23.6 Å². The molecule has 0 heterocycles. The van der Waals surface area contributed by atoms with Gasteiger partial charge < -0.3 is 10.5 Å². The minimum atomic E-state index is -0.481. The predicted octanol–water partition coefficient (Wildman–Crippen LogP) is 2.54. The van der Waals surface area contributed by atoms with E-state index in [0.717, 1.165) is 12.0 Å². The SMILES string of the molecule is CN(C=C1C=C(N)C=CC1)C(=O)OC(C)(C)C. The molecule has 0 bridgehead atoms. The van der Waals surface area contributed by atoms with Crippen LogP contribution in [0.4, 0.5) is 4.79 Å². The first-order valence-electron chi connectivity index (χ1n) is 5.58. The van der Waals surface area contributed by atoms with Gasteiger partial charge in [-0.2, -0.15) is 0 Å². The second-order valence-corrected chi connectivity index (χ2v) is 5.05. The van der Waals surface area contributed by atoms with E-state index in [2.05, 4.69) is 0 Å². The van der Waals surface area contributed by atoms with Crippen LogP contribution < -0.4 is 5.73 Å². The van der Waals surface area contributed by atoms with Gasteiger partial charge in [0.1, 0.15) is 5.60 Å². The minimum Gasteiger partial charge on any atom is -0.443 e. The van der Waals surface area contributed by atoms with Gasteiger partial charge in [-0.25, -0.2) is 4.79 Å². The maximum absolute atomic E-state index is 11.7. The van der Waals surface area contributed by atoms with E-state index in [0.29, 0.717) is 5.70 Å². The van der Waals surface area contributed by atoms with Gasteiger partial charge in [0.25, 0.3) is 0 Å². The summed E-state index contributed by atoms with van der Waals surface area (Å²) in [6.07, 6.45) is 7.81. The van der Waals surface area contributed by atoms with E-state index in [1.807, 2.05) is 39.0 Å². The highest BCUT2D eigenvalue weighted by molar-refractivity contribution is 5.69. The number of nitrogens with two attached hydrogens (primary N) is 1. The lowest BCUT2D eigenvalue weighted by Crippen LogP contribution is -2.31. The highest BCUT2D eigenvalue weighted by Gasteiger charge is 2.18. The number of amides is 1. The van der Waals surface area contributed by atoms with Gasteiger partial charge in [-0.1, -0.05) is 6.08 Å². The normalized spacial score (nSPS) is 17.9. The van der Waals surface area contributed by atoms with Gasteiger partial charge in [-0.05, 0) is 44.9 Å². The predicted molar refractivity (Wildman–Crippen MR) is 68.1 cm³/mol. The summed E-state index contributed by atoms with van der Waals surface area (Å²) in [5.74, 6) is 0. The minimum absolute atomic E-state index is 0.369. The number of allylic oxidation sites excluding steroid dienone is 4. The molecule has 0 unspecified atom stereocenters. The van der Waals surface area contributed by atoms with Gasteiger partial charge in [0, 0.05) is 18.9 Å². The molecule has 0 saturated carbocycles. The van der Waals surface area contributed by atoms with E-state index in [-0.39, 0.29) is 6.09 Å². The number of carbonyl (C=O) groups excluding carboxylic acids is 1. The number of hydrogen-bond acceptors (Lipinski definition) is 3. The molecule has 4 nitrogen and oxygen atoms in total. The third kappa shape index (κ3) is 4.76. The lowest BCUT2D eigenvalue weighted by Gasteiger charge is -2.23. The van der Waals surface area contributed by atoms with Gasteiger partial charge in [0.05, 0.1) is 0 Å². The first-order valence-corrected chi connectivity index (χ1v) is 5.58. The van der Waals surface area contributed by atoms with Crippen LogP contribution in [0.5, 0.6) is 0 Å². The zero-order valence-corrected chi connectivity index (χ0v) is 10.9. The van der Waals surface area contributed by atoms with Crippen molar-refractivity contribution < 1.29 is 9.53 Å². The van der Waals surface area contributed by atoms with Crippen molar-refractivity contribution in [3.63, 3.8) is 0 Å². The monoisotopic (exact) mass is 236 g/mol. The third-order valence-electron chi connectivity index (χ3n) is 2.06. The molecule has 0 aliphatic heterocycles. The van der Waals surface area contributed by atoms with Crippen molar-refractivity contribution in [1.29, 1.82) is 0 Å². The summed E-state index contributed by atoms with van der Waals surface area (Å²) in [7, 11) is 1.67. The molecule has 17 heavy (non-hydrogen) atoms. The molecule has 1 aliphatic carbocycles. The molecule has 0 fully saturated rings. The Morgan fingerprint density at radius 2 is 2.18 bits per heavy atom. The molecule has 4 heteroatoms. The number of carbonyl (C=O) groups is 1. The summed E-state index contributed by atoms with van der Waals surface area (Å²) >= 11 is 0. The van der Waals surface area contributed by atoms with Crippen molar-refractivity contribution >= 4 is 6.09 Å². The van der Waals surface area contributed by atoms with Crippen molar-refractivity contribution in [1.82, 2.24) is 4.90 Å². The van der Waals surface area contributed by atoms with Gasteiger partial charge >= 0.3 is 6.09 Å². The maximum atomic E-state index is 11.7. The molecule has 0 aromatic rings. The Hall–Kier alpha value is -1.71. The molecule has 0 spiro atoms. The molecule has 0 aromatic heterocycles. The first kappa shape index (κ1) is 13.4. The number of ether oxygens (including phenoxy) is 1. The average Bonchev–Trinajstić information content (AvgIpc) is 2.14. The van der Waals surface area contributed by atoms with E-state index < -0.39 is 5.60 Å². The Morgan fingerprint density at radius 3 is 2.71 bits per heavy atom. The first-order chi connectivity index (χ1) is 7.78. The highest BCUT2D eigenvalue weighted by Crippen LogP contribution is 2.15. The summed E-state index contributed by atoms with van der Waals surface area (Å²) in [6, 6.07) is 0. The van der Waals surface area contributed by atoms with Crippen LogP contribution in [0.3, 0.4) is 0 Å². The van der Waals surface area contributed by atoms with E-state index in [1.165, 1.54) is 4.90 Å². The van der Waals surface area contributed by atoms with Crippen LogP contribution in [0, 0.1) is 0 Å². The van der Waals surface area contributed by atoms with Crippen LogP contribution in [0.25, 0.3) is 0 Å². The fourth-order valence-electron chi connectivity index (χ4n) is 1.38. The van der Waals surface area contributed by atoms with Crippen molar-refractivity contribution in [2.45, 2.75) is 32.8 Å². The van der Waals surface area contributed by atoms with Crippen molar-refractivity contribution in [3.05, 3.63) is 35.7 Å². The van der Waals surface area contributed by atoms with Gasteiger partial charge in [-0.15, -0.1) is 0 Å². The molecule has 0 aromatic carbocycles. The van der Waals surface area contributed by atoms with Crippen LogP contribution in [0.15, 0.2) is 35.7 Å². The molecule has 94 valence electrons. The molecule has 2 N–H and O–H groups in total. The molecule has 1 amide bonds. The fraction of sp³-hybridized carbons (Fsp3) is 0.462. The number of hydrogen-bond donors (Lipinski definition) is 1. The zero-order chi connectivity index (χ0) is 13.1. The summed E-state index contributed by atoms with van der Waals surface area (Å²) < 4.78 is 5.24. The lowest BCUT2D eigenvalue weighted by molar-refractivity contribution is 0.0371. The van der Waals surface area contributed by atoms with Crippen LogP contribution in [-0.2, 0) is 4.74 Å². The maximum Gasteiger partial charge on any atom is 0.414 e. The summed E-state index contributed by atoms with van der Waals surface area (Å²) in [5.41, 5.74) is 6.88. The van der Waals surface area contributed by atoms with E-state index in [9.17, 15) is 4.79 Å². The molecular weight excluding hydrogens is 216 g/mol. The zero-order valence-electron chi connectivity index (χ0n) is 10.9. The molecule has 0 atom stereocenters. The van der Waals surface area contributed by atoms with Crippen LogP contribution in [0.2, 0.25) is 0 Å². The summed E-state index contributed by atoms with van der Waals surface area (Å²) in [4.78, 5) is 13.1. The van der Waals surface area contributed by atoms with Gasteiger partial charge in [0.15, 0.2) is 0 Å². The van der Waals surface area contributed by atoms with Gasteiger partial charge in [0.2, 0.25) is 0 Å². The Morgan fingerprint density at radius 1 is 1.53 bits per heavy atom. The Balaban J connectivity index is 2.66. The van der Waals surface area contributed by atoms with Gasteiger partial charge in [-0.3, -0.25) is 4.90 Å². The Kier molecular flexibility index (Phi) is 3.99. The molecule has 1 aliphatic rings. The van der Waals surface area contributed by atoms with E-state index >= 15 is 0 Å². The standard InChI is InChI=1S/C13H20N2O2/c1-13(2,3)17-12(16)15(4)9-10-6-5-7-11(14)8-10/h5,7-9H,6,14H2,1-4H3. The van der Waals surface area contributed by atoms with Crippen LogP contribution >= 0.6 is 0 Å². The van der Waals surface area contributed by atoms with Crippen LogP contribution in [0.1, 0.15) is 27.2 Å². The number of nitrogens with zero attached hydrogens (tertiary/aromatic N) is 1. The van der Waals surface area contributed by atoms with Crippen molar-refractivity contribution in [2.24, 2.45) is 5.73 Å². The Bertz CT molecular complexity index is 387. The quantitative estimate of drug-likeness (QED) is 0.761. The Labute approximate surface area is 102 Å². The number of rotatable bonds is 1. The van der Waals surface area contributed by atoms with E-state index in [4.69, 9.17) is 10.5 Å². The summed E-state index contributed by atoms with van der Waals surface area (Å²) in [5, 5.41) is 0. The second-order valence-electron chi connectivity index (χ2n) is 5.05. The third-order valence-corrected chi connectivity index (χ3v) is 2.06. The lowest BCUT2D eigenvalue weighted by atomic mass is 10.1. The fourth-order valence-corrected chi connectivity index (χ4v) is 1.38. The van der Waals surface area contributed by atoms with E-state index in [1.54, 1.807) is 13.2 Å². The molecular formula is C13H20N2O2.